The highest BCUT2D eigenvalue weighted by atomic mass is 14.6. The van der Waals surface area contributed by atoms with Gasteiger partial charge in [0.15, 0.2) is 0 Å². The van der Waals surface area contributed by atoms with Crippen LogP contribution in [0.3, 0.4) is 0 Å². The maximum Gasteiger partial charge on any atom is 0.0177 e. The third-order valence-corrected chi connectivity index (χ3v) is 4.33. The zero-order valence-corrected chi connectivity index (χ0v) is 14.7. The summed E-state index contributed by atoms with van der Waals surface area (Å²) >= 11 is 0. The molecule has 0 aliphatic heterocycles. The summed E-state index contributed by atoms with van der Waals surface area (Å²) in [6.07, 6.45) is 7.06. The first-order valence-corrected chi connectivity index (χ1v) is 7.88. The lowest BCUT2D eigenvalue weighted by Crippen LogP contribution is -2.08. The van der Waals surface area contributed by atoms with Gasteiger partial charge in [0.25, 0.3) is 0 Å². The first-order valence-electron chi connectivity index (χ1n) is 7.88. The Kier molecular flexibility index (Phi) is 6.42. The molecule has 1 heteroatoms. The van der Waals surface area contributed by atoms with Gasteiger partial charge in [-0.25, -0.2) is 0 Å². The lowest BCUT2D eigenvalue weighted by atomic mass is 9.93. The van der Waals surface area contributed by atoms with Gasteiger partial charge in [0.2, 0.25) is 0 Å². The average molecular weight is 295 g/mol. The Balaban J connectivity index is 3.14. The van der Waals surface area contributed by atoms with E-state index in [9.17, 15) is 0 Å². The van der Waals surface area contributed by atoms with E-state index in [-0.39, 0.29) is 5.92 Å². The monoisotopic (exact) mass is 295 g/mol. The minimum Gasteiger partial charge on any atom is -0.401 e. The van der Waals surface area contributed by atoms with Crippen molar-refractivity contribution in [3.63, 3.8) is 0 Å². The minimum absolute atomic E-state index is 0.192. The summed E-state index contributed by atoms with van der Waals surface area (Å²) in [6, 6.07) is 4.43. The smallest absolute Gasteiger partial charge is 0.0177 e. The molecule has 1 unspecified atom stereocenters. The second-order valence-electron chi connectivity index (χ2n) is 5.96. The highest BCUT2D eigenvalue weighted by Crippen LogP contribution is 2.25. The molecule has 2 N–H and O–H groups in total. The van der Waals surface area contributed by atoms with Gasteiger partial charge in [0, 0.05) is 11.6 Å². The number of nitrogens with two attached hydrogens (primary N) is 1. The van der Waals surface area contributed by atoms with Crippen LogP contribution in [0.1, 0.15) is 49.4 Å². The number of aryl methyl sites for hydroxylation is 1. The Labute approximate surface area is 135 Å². The van der Waals surface area contributed by atoms with E-state index in [1.165, 1.54) is 27.8 Å². The molecule has 0 saturated heterocycles. The molecule has 1 aromatic carbocycles. The largest absolute Gasteiger partial charge is 0.401 e. The molecule has 0 spiro atoms. The molecule has 1 rings (SSSR count). The summed E-state index contributed by atoms with van der Waals surface area (Å²) in [7, 11) is 0. The summed E-state index contributed by atoms with van der Waals surface area (Å²) in [5, 5.41) is 0. The Morgan fingerprint density at radius 1 is 1.32 bits per heavy atom. The Bertz CT molecular complexity index is 630. The number of allylic oxidation sites excluding steroid dienone is 4. The Morgan fingerprint density at radius 3 is 2.50 bits per heavy atom. The van der Waals surface area contributed by atoms with Crippen LogP contribution in [0.2, 0.25) is 0 Å². The first kappa shape index (κ1) is 18.0. The van der Waals surface area contributed by atoms with E-state index in [0.29, 0.717) is 0 Å². The second kappa shape index (κ2) is 7.84. The van der Waals surface area contributed by atoms with Gasteiger partial charge in [-0.3, -0.25) is 0 Å². The number of hydrogen-bond acceptors (Lipinski definition) is 1. The molecule has 0 aliphatic carbocycles. The average Bonchev–Trinajstić information content (AvgIpc) is 2.52. The van der Waals surface area contributed by atoms with E-state index in [0.717, 1.165) is 17.7 Å². The maximum atomic E-state index is 6.13. The number of rotatable bonds is 6. The van der Waals surface area contributed by atoms with E-state index < -0.39 is 0 Å². The van der Waals surface area contributed by atoms with Crippen LogP contribution in [0.5, 0.6) is 0 Å². The molecule has 0 radical (unpaired) electrons. The maximum absolute atomic E-state index is 6.13. The van der Waals surface area contributed by atoms with E-state index in [2.05, 4.69) is 65.1 Å². The second-order valence-corrected chi connectivity index (χ2v) is 5.96. The van der Waals surface area contributed by atoms with Crippen LogP contribution in [0.25, 0.3) is 11.6 Å². The highest BCUT2D eigenvalue weighted by molar-refractivity contribution is 5.70. The summed E-state index contributed by atoms with van der Waals surface area (Å²) in [6.45, 7) is 18.5. The van der Waals surface area contributed by atoms with Crippen molar-refractivity contribution in [3.8, 4) is 0 Å². The van der Waals surface area contributed by atoms with Crippen molar-refractivity contribution in [1.82, 2.24) is 0 Å². The van der Waals surface area contributed by atoms with Crippen molar-refractivity contribution in [2.24, 2.45) is 11.7 Å². The standard InChI is InChI=1S/C21H29N/c1-8-14(3)20-13-19(12-17(6)18(20)7)11-10-16(5)21(22)15(4)9-2/h9-13,16H,2-3,8,22H2,1,4-7H3/b11-10?,21-15+. The molecular formula is C21H29N. The van der Waals surface area contributed by atoms with Gasteiger partial charge in [-0.1, -0.05) is 51.3 Å². The van der Waals surface area contributed by atoms with E-state index >= 15 is 0 Å². The molecule has 0 saturated carbocycles. The fraction of sp³-hybridized carbons (Fsp3) is 0.333. The van der Waals surface area contributed by atoms with Crippen molar-refractivity contribution in [3.05, 3.63) is 71.0 Å². The van der Waals surface area contributed by atoms with Gasteiger partial charge < -0.3 is 5.73 Å². The van der Waals surface area contributed by atoms with E-state index in [4.69, 9.17) is 5.73 Å². The van der Waals surface area contributed by atoms with Crippen molar-refractivity contribution in [1.29, 1.82) is 0 Å². The molecule has 0 aromatic heterocycles. The predicted octanol–water partition coefficient (Wildman–Crippen LogP) is 5.79. The van der Waals surface area contributed by atoms with Crippen molar-refractivity contribution in [2.45, 2.75) is 41.0 Å². The zero-order chi connectivity index (χ0) is 16.9. The van der Waals surface area contributed by atoms with Crippen LogP contribution in [0.4, 0.5) is 0 Å². The summed E-state index contributed by atoms with van der Waals surface area (Å²) < 4.78 is 0. The van der Waals surface area contributed by atoms with E-state index in [1.54, 1.807) is 6.08 Å². The molecular weight excluding hydrogens is 266 g/mol. The normalized spacial score (nSPS) is 13.9. The summed E-state index contributed by atoms with van der Waals surface area (Å²) in [5.74, 6) is 0.192. The first-order chi connectivity index (χ1) is 10.3. The quantitative estimate of drug-likeness (QED) is 0.660. The fourth-order valence-corrected chi connectivity index (χ4v) is 2.38. The van der Waals surface area contributed by atoms with Crippen molar-refractivity contribution < 1.29 is 0 Å². The molecule has 22 heavy (non-hydrogen) atoms. The summed E-state index contributed by atoms with van der Waals surface area (Å²) in [4.78, 5) is 0. The SMILES string of the molecule is C=C/C(C)=C(/N)C(C)C=Cc1cc(C)c(C)c(C(=C)CC)c1. The molecule has 1 atom stereocenters. The van der Waals surface area contributed by atoms with Gasteiger partial charge in [-0.05, 0) is 66.7 Å². The number of benzene rings is 1. The highest BCUT2D eigenvalue weighted by Gasteiger charge is 2.07. The van der Waals surface area contributed by atoms with Crippen molar-refractivity contribution in [2.75, 3.05) is 0 Å². The van der Waals surface area contributed by atoms with Crippen LogP contribution in [0, 0.1) is 19.8 Å². The van der Waals surface area contributed by atoms with Gasteiger partial charge in [0.05, 0.1) is 0 Å². The van der Waals surface area contributed by atoms with Gasteiger partial charge in [0.1, 0.15) is 0 Å². The molecule has 0 fully saturated rings. The van der Waals surface area contributed by atoms with Crippen LogP contribution in [0.15, 0.2) is 48.7 Å². The van der Waals surface area contributed by atoms with Gasteiger partial charge in [-0.15, -0.1) is 0 Å². The topological polar surface area (TPSA) is 26.0 Å². The number of hydrogen-bond donors (Lipinski definition) is 1. The molecule has 118 valence electrons. The Morgan fingerprint density at radius 2 is 1.95 bits per heavy atom. The third-order valence-electron chi connectivity index (χ3n) is 4.33. The lowest BCUT2D eigenvalue weighted by Gasteiger charge is -2.13. The lowest BCUT2D eigenvalue weighted by molar-refractivity contribution is 0.838. The van der Waals surface area contributed by atoms with Gasteiger partial charge >= 0.3 is 0 Å². The molecule has 0 heterocycles. The molecule has 1 nitrogen and oxygen atoms in total. The zero-order valence-electron chi connectivity index (χ0n) is 14.7. The van der Waals surface area contributed by atoms with Crippen LogP contribution in [-0.2, 0) is 0 Å². The third kappa shape index (κ3) is 4.24. The molecule has 1 aromatic rings. The van der Waals surface area contributed by atoms with E-state index in [1.807, 2.05) is 6.92 Å². The van der Waals surface area contributed by atoms with Crippen LogP contribution < -0.4 is 5.73 Å². The molecule has 0 amide bonds. The van der Waals surface area contributed by atoms with Crippen molar-refractivity contribution >= 4 is 11.6 Å². The van der Waals surface area contributed by atoms with Crippen LogP contribution >= 0.6 is 0 Å². The molecule has 0 bridgehead atoms. The Hall–Kier alpha value is -2.02. The van der Waals surface area contributed by atoms with Gasteiger partial charge in [-0.2, -0.15) is 0 Å². The predicted molar refractivity (Wildman–Crippen MR) is 101 cm³/mol. The minimum atomic E-state index is 0.192. The fourth-order valence-electron chi connectivity index (χ4n) is 2.38. The van der Waals surface area contributed by atoms with Crippen LogP contribution in [-0.4, -0.2) is 0 Å². The summed E-state index contributed by atoms with van der Waals surface area (Å²) in [5.41, 5.74) is 14.3. The molecule has 0 aliphatic rings.